The number of sulfonamides is 1. The van der Waals surface area contributed by atoms with Gasteiger partial charge in [-0.05, 0) is 36.4 Å². The van der Waals surface area contributed by atoms with Crippen molar-refractivity contribution in [2.45, 2.75) is 4.90 Å². The van der Waals surface area contributed by atoms with Gasteiger partial charge in [-0.15, -0.1) is 6.58 Å². The van der Waals surface area contributed by atoms with E-state index in [9.17, 15) is 13.2 Å². The first-order chi connectivity index (χ1) is 11.9. The number of carbonyl (C=O) groups excluding carboxylic acids is 1. The Morgan fingerprint density at radius 2 is 1.80 bits per heavy atom. The van der Waals surface area contributed by atoms with Gasteiger partial charge in [-0.2, -0.15) is 0 Å². The van der Waals surface area contributed by atoms with Gasteiger partial charge < -0.3 is 10.1 Å². The normalized spacial score (nSPS) is 10.8. The van der Waals surface area contributed by atoms with Crippen LogP contribution in [0.1, 0.15) is 0 Å². The van der Waals surface area contributed by atoms with Gasteiger partial charge in [0, 0.05) is 13.6 Å². The van der Waals surface area contributed by atoms with Gasteiger partial charge in [-0.1, -0.05) is 24.3 Å². The summed E-state index contributed by atoms with van der Waals surface area (Å²) in [4.78, 5) is 11.7. The Balaban J connectivity index is 2.04. The Kier molecular flexibility index (Phi) is 6.19. The molecule has 0 atom stereocenters. The summed E-state index contributed by atoms with van der Waals surface area (Å²) in [5.41, 5.74) is 0.493. The van der Waals surface area contributed by atoms with Gasteiger partial charge in [0.25, 0.3) is 15.9 Å². The summed E-state index contributed by atoms with van der Waals surface area (Å²) in [7, 11) is -2.13. The molecule has 0 saturated heterocycles. The van der Waals surface area contributed by atoms with Gasteiger partial charge in [-0.3, -0.25) is 9.10 Å². The molecule has 2 aromatic rings. The van der Waals surface area contributed by atoms with Crippen LogP contribution in [0.15, 0.2) is 72.1 Å². The monoisotopic (exact) mass is 360 g/mol. The number of rotatable bonds is 8. The highest BCUT2D eigenvalue weighted by Crippen LogP contribution is 2.24. The van der Waals surface area contributed by atoms with Crippen molar-refractivity contribution in [3.63, 3.8) is 0 Å². The van der Waals surface area contributed by atoms with Crippen molar-refractivity contribution in [1.82, 2.24) is 5.32 Å². The molecule has 0 aliphatic rings. The first kappa shape index (κ1) is 18.5. The zero-order valence-corrected chi connectivity index (χ0v) is 14.7. The van der Waals surface area contributed by atoms with Crippen LogP contribution in [-0.2, 0) is 14.8 Å². The second-order valence-electron chi connectivity index (χ2n) is 5.16. The van der Waals surface area contributed by atoms with E-state index in [4.69, 9.17) is 4.74 Å². The molecule has 0 aliphatic heterocycles. The SMILES string of the molecule is C=CCNC(=O)COc1ccc(N(C)S(=O)(=O)c2ccccc2)cc1. The molecule has 2 aromatic carbocycles. The lowest BCUT2D eigenvalue weighted by molar-refractivity contribution is -0.122. The molecular weight excluding hydrogens is 340 g/mol. The summed E-state index contributed by atoms with van der Waals surface area (Å²) in [5, 5.41) is 2.60. The molecular formula is C18H20N2O4S. The zero-order valence-electron chi connectivity index (χ0n) is 13.9. The summed E-state index contributed by atoms with van der Waals surface area (Å²) in [6.07, 6.45) is 1.58. The van der Waals surface area contributed by atoms with Crippen LogP contribution in [0, 0.1) is 0 Å². The Morgan fingerprint density at radius 3 is 2.40 bits per heavy atom. The van der Waals surface area contributed by atoms with Gasteiger partial charge in [0.15, 0.2) is 6.61 Å². The first-order valence-corrected chi connectivity index (χ1v) is 9.03. The Labute approximate surface area is 147 Å². The maximum atomic E-state index is 12.6. The third-order valence-corrected chi connectivity index (χ3v) is 5.22. The van der Waals surface area contributed by atoms with Gasteiger partial charge in [0.05, 0.1) is 10.6 Å². The lowest BCUT2D eigenvalue weighted by atomic mass is 10.3. The lowest BCUT2D eigenvalue weighted by Gasteiger charge is -2.19. The van der Waals surface area contributed by atoms with E-state index in [1.54, 1.807) is 60.7 Å². The number of hydrogen-bond donors (Lipinski definition) is 1. The predicted molar refractivity (Wildman–Crippen MR) is 97.2 cm³/mol. The summed E-state index contributed by atoms with van der Waals surface area (Å²) in [6, 6.07) is 14.7. The van der Waals surface area contributed by atoms with Gasteiger partial charge in [-0.25, -0.2) is 8.42 Å². The summed E-state index contributed by atoms with van der Waals surface area (Å²) >= 11 is 0. The average molecular weight is 360 g/mol. The van der Waals surface area contributed by atoms with E-state index in [2.05, 4.69) is 11.9 Å². The first-order valence-electron chi connectivity index (χ1n) is 7.59. The molecule has 1 N–H and O–H groups in total. The molecule has 2 rings (SSSR count). The smallest absolute Gasteiger partial charge is 0.264 e. The van der Waals surface area contributed by atoms with Crippen LogP contribution >= 0.6 is 0 Å². The molecule has 0 bridgehead atoms. The average Bonchev–Trinajstić information content (AvgIpc) is 2.65. The number of anilines is 1. The van der Waals surface area contributed by atoms with Crippen molar-refractivity contribution >= 4 is 21.6 Å². The number of hydrogen-bond acceptors (Lipinski definition) is 4. The predicted octanol–water partition coefficient (Wildman–Crippen LogP) is 2.19. The number of benzene rings is 2. The molecule has 7 heteroatoms. The number of nitrogens with zero attached hydrogens (tertiary/aromatic N) is 1. The zero-order chi connectivity index (χ0) is 18.3. The standard InChI is InChI=1S/C18H20N2O4S/c1-3-13-19-18(21)14-24-16-11-9-15(10-12-16)20(2)25(22,23)17-7-5-4-6-8-17/h3-12H,1,13-14H2,2H3,(H,19,21). The van der Waals surface area contributed by atoms with Crippen molar-refractivity contribution in [3.8, 4) is 5.75 Å². The van der Waals surface area contributed by atoms with Crippen molar-refractivity contribution in [3.05, 3.63) is 67.3 Å². The topological polar surface area (TPSA) is 75.7 Å². The van der Waals surface area contributed by atoms with E-state index in [0.717, 1.165) is 0 Å². The fraction of sp³-hybridized carbons (Fsp3) is 0.167. The van der Waals surface area contributed by atoms with Gasteiger partial charge >= 0.3 is 0 Å². The molecule has 0 fully saturated rings. The van der Waals surface area contributed by atoms with Crippen molar-refractivity contribution in [1.29, 1.82) is 0 Å². The highest BCUT2D eigenvalue weighted by molar-refractivity contribution is 7.92. The molecule has 0 aromatic heterocycles. The quantitative estimate of drug-likeness (QED) is 0.732. The van der Waals surface area contributed by atoms with E-state index in [1.165, 1.54) is 11.4 Å². The van der Waals surface area contributed by atoms with E-state index < -0.39 is 10.0 Å². The molecule has 25 heavy (non-hydrogen) atoms. The van der Waals surface area contributed by atoms with Crippen molar-refractivity contribution < 1.29 is 17.9 Å². The molecule has 0 spiro atoms. The van der Waals surface area contributed by atoms with Crippen LogP contribution < -0.4 is 14.4 Å². The highest BCUT2D eigenvalue weighted by Gasteiger charge is 2.20. The Bertz CT molecular complexity index is 818. The van der Waals surface area contributed by atoms with Crippen LogP contribution in [-0.4, -0.2) is 34.5 Å². The lowest BCUT2D eigenvalue weighted by Crippen LogP contribution is -2.28. The summed E-state index contributed by atoms with van der Waals surface area (Å²) in [6.45, 7) is 3.77. The fourth-order valence-corrected chi connectivity index (χ4v) is 3.24. The molecule has 0 radical (unpaired) electrons. The molecule has 0 saturated carbocycles. The molecule has 0 unspecified atom stereocenters. The van der Waals surface area contributed by atoms with Crippen LogP contribution in [0.3, 0.4) is 0 Å². The van der Waals surface area contributed by atoms with E-state index >= 15 is 0 Å². The van der Waals surface area contributed by atoms with Crippen LogP contribution in [0.5, 0.6) is 5.75 Å². The number of ether oxygens (including phenoxy) is 1. The second-order valence-corrected chi connectivity index (χ2v) is 7.13. The number of nitrogens with one attached hydrogen (secondary N) is 1. The Hall–Kier alpha value is -2.80. The number of amides is 1. The van der Waals surface area contributed by atoms with Crippen LogP contribution in [0.4, 0.5) is 5.69 Å². The minimum atomic E-state index is -3.62. The maximum absolute atomic E-state index is 12.6. The molecule has 132 valence electrons. The van der Waals surface area contributed by atoms with E-state index in [-0.39, 0.29) is 17.4 Å². The number of carbonyl (C=O) groups is 1. The molecule has 1 amide bonds. The van der Waals surface area contributed by atoms with Gasteiger partial charge in [0.1, 0.15) is 5.75 Å². The highest BCUT2D eigenvalue weighted by atomic mass is 32.2. The van der Waals surface area contributed by atoms with Gasteiger partial charge in [0.2, 0.25) is 0 Å². The largest absolute Gasteiger partial charge is 0.484 e. The summed E-state index contributed by atoms with van der Waals surface area (Å²) < 4.78 is 31.7. The van der Waals surface area contributed by atoms with Crippen molar-refractivity contribution in [2.24, 2.45) is 0 Å². The van der Waals surface area contributed by atoms with E-state index in [0.29, 0.717) is 18.0 Å². The van der Waals surface area contributed by atoms with Crippen molar-refractivity contribution in [2.75, 3.05) is 24.5 Å². The minimum Gasteiger partial charge on any atom is -0.484 e. The second kappa shape index (κ2) is 8.34. The summed E-state index contributed by atoms with van der Waals surface area (Å²) in [5.74, 6) is 0.218. The third kappa shape index (κ3) is 4.84. The Morgan fingerprint density at radius 1 is 1.16 bits per heavy atom. The maximum Gasteiger partial charge on any atom is 0.264 e. The molecule has 0 heterocycles. The fourth-order valence-electron chi connectivity index (χ4n) is 2.03. The molecule has 6 nitrogen and oxygen atoms in total. The third-order valence-electron chi connectivity index (χ3n) is 3.42. The van der Waals surface area contributed by atoms with Crippen LogP contribution in [0.25, 0.3) is 0 Å². The van der Waals surface area contributed by atoms with Crippen LogP contribution in [0.2, 0.25) is 0 Å². The molecule has 0 aliphatic carbocycles. The van der Waals surface area contributed by atoms with E-state index in [1.807, 2.05) is 0 Å². The minimum absolute atomic E-state index is 0.120.